The molecule has 9 heavy (non-hydrogen) atoms. The van der Waals surface area contributed by atoms with Crippen LogP contribution >= 0.6 is 7.60 Å². The van der Waals surface area contributed by atoms with Crippen LogP contribution < -0.4 is 0 Å². The van der Waals surface area contributed by atoms with Crippen LogP contribution in [0.2, 0.25) is 0 Å². The van der Waals surface area contributed by atoms with E-state index in [-0.39, 0.29) is 0 Å². The Bertz CT molecular complexity index is 127. The predicted octanol–water partition coefficient (Wildman–Crippen LogP) is -0.0666. The van der Waals surface area contributed by atoms with Crippen molar-refractivity contribution < 1.29 is 19.5 Å². The van der Waals surface area contributed by atoms with Gasteiger partial charge >= 0.3 is 7.60 Å². The monoisotopic (exact) mass is 154 g/mol. The van der Waals surface area contributed by atoms with Crippen molar-refractivity contribution in [3.63, 3.8) is 0 Å². The topological polar surface area (TPSA) is 77.8 Å². The van der Waals surface area contributed by atoms with Crippen LogP contribution in [0.15, 0.2) is 0 Å². The molecular formula is C4H11O4P. The zero-order valence-corrected chi connectivity index (χ0v) is 6.25. The van der Waals surface area contributed by atoms with Gasteiger partial charge in [0.1, 0.15) is 0 Å². The van der Waals surface area contributed by atoms with Gasteiger partial charge in [0.05, 0.1) is 11.8 Å². The van der Waals surface area contributed by atoms with Crippen LogP contribution in [0.3, 0.4) is 0 Å². The van der Waals surface area contributed by atoms with E-state index >= 15 is 0 Å². The van der Waals surface area contributed by atoms with Gasteiger partial charge in [-0.25, -0.2) is 0 Å². The van der Waals surface area contributed by atoms with Crippen LogP contribution in [0.25, 0.3) is 0 Å². The van der Waals surface area contributed by atoms with Crippen molar-refractivity contribution in [1.29, 1.82) is 0 Å². The van der Waals surface area contributed by atoms with Crippen molar-refractivity contribution in [3.8, 4) is 0 Å². The smallest absolute Gasteiger partial charge is 0.330 e. The van der Waals surface area contributed by atoms with Gasteiger partial charge in [0.25, 0.3) is 0 Å². The summed E-state index contributed by atoms with van der Waals surface area (Å²) >= 11 is 0. The number of aliphatic hydroxyl groups is 1. The van der Waals surface area contributed by atoms with E-state index in [4.69, 9.17) is 14.9 Å². The molecule has 0 saturated carbocycles. The van der Waals surface area contributed by atoms with Crippen molar-refractivity contribution in [3.05, 3.63) is 0 Å². The zero-order valence-electron chi connectivity index (χ0n) is 5.35. The molecule has 2 atom stereocenters. The third kappa shape index (κ3) is 2.96. The van der Waals surface area contributed by atoms with Crippen molar-refractivity contribution in [2.24, 2.45) is 0 Å². The fraction of sp³-hybridized carbons (Fsp3) is 1.00. The molecular weight excluding hydrogens is 143 g/mol. The Labute approximate surface area is 53.7 Å². The van der Waals surface area contributed by atoms with E-state index in [0.717, 1.165) is 0 Å². The second-order valence-corrected chi connectivity index (χ2v) is 4.06. The predicted molar refractivity (Wildman–Crippen MR) is 33.2 cm³/mol. The lowest BCUT2D eigenvalue weighted by Gasteiger charge is -2.15. The van der Waals surface area contributed by atoms with Gasteiger partial charge < -0.3 is 14.9 Å². The van der Waals surface area contributed by atoms with Crippen LogP contribution in [-0.2, 0) is 4.57 Å². The van der Waals surface area contributed by atoms with Gasteiger partial charge in [0.2, 0.25) is 0 Å². The zero-order chi connectivity index (χ0) is 7.65. The second kappa shape index (κ2) is 2.80. The maximum Gasteiger partial charge on any atom is 0.330 e. The molecule has 0 fully saturated rings. The summed E-state index contributed by atoms with van der Waals surface area (Å²) in [4.78, 5) is 16.8. The number of hydrogen-bond donors (Lipinski definition) is 3. The highest BCUT2D eigenvalue weighted by atomic mass is 31.2. The van der Waals surface area contributed by atoms with Crippen LogP contribution in [0, 0.1) is 0 Å². The van der Waals surface area contributed by atoms with Gasteiger partial charge in [0, 0.05) is 0 Å². The molecule has 0 spiro atoms. The Morgan fingerprint density at radius 2 is 1.67 bits per heavy atom. The number of rotatable bonds is 2. The molecule has 0 aromatic rings. The van der Waals surface area contributed by atoms with Gasteiger partial charge in [-0.2, -0.15) is 0 Å². The Morgan fingerprint density at radius 3 is 1.67 bits per heavy atom. The van der Waals surface area contributed by atoms with Crippen LogP contribution in [0.1, 0.15) is 13.8 Å². The molecule has 2 unspecified atom stereocenters. The van der Waals surface area contributed by atoms with Gasteiger partial charge in [-0.3, -0.25) is 4.57 Å². The van der Waals surface area contributed by atoms with Gasteiger partial charge in [0.15, 0.2) is 0 Å². The molecule has 0 aliphatic carbocycles. The second-order valence-electron chi connectivity index (χ2n) is 2.07. The Kier molecular flexibility index (Phi) is 2.83. The van der Waals surface area contributed by atoms with Gasteiger partial charge in [-0.15, -0.1) is 0 Å². The Balaban J connectivity index is 4.05. The summed E-state index contributed by atoms with van der Waals surface area (Å²) in [5.74, 6) is 0. The third-order valence-electron chi connectivity index (χ3n) is 1.23. The van der Waals surface area contributed by atoms with Crippen molar-refractivity contribution >= 4 is 7.60 Å². The summed E-state index contributed by atoms with van der Waals surface area (Å²) in [6.45, 7) is 2.66. The van der Waals surface area contributed by atoms with E-state index in [2.05, 4.69) is 0 Å². The molecule has 0 bridgehead atoms. The Hall–Kier alpha value is 0.110. The minimum absolute atomic E-state index is 0.953. The SMILES string of the molecule is CC(O)C(C)P(=O)(O)O. The molecule has 0 heterocycles. The molecule has 0 aliphatic rings. The summed E-state index contributed by atoms with van der Waals surface area (Å²) in [5.41, 5.74) is -0.961. The molecule has 0 aromatic carbocycles. The lowest BCUT2D eigenvalue weighted by atomic mass is 10.3. The van der Waals surface area contributed by atoms with Crippen molar-refractivity contribution in [1.82, 2.24) is 0 Å². The third-order valence-corrected chi connectivity index (χ3v) is 2.72. The summed E-state index contributed by atoms with van der Waals surface area (Å²) in [6.07, 6.45) is -0.953. The molecule has 0 aromatic heterocycles. The maximum atomic E-state index is 10.3. The van der Waals surface area contributed by atoms with Crippen molar-refractivity contribution in [2.45, 2.75) is 25.6 Å². The summed E-state index contributed by atoms with van der Waals surface area (Å²) < 4.78 is 10.3. The molecule has 4 nitrogen and oxygen atoms in total. The Morgan fingerprint density at radius 1 is 1.33 bits per heavy atom. The summed E-state index contributed by atoms with van der Waals surface area (Å²) in [5, 5.41) is 8.66. The van der Waals surface area contributed by atoms with Gasteiger partial charge in [-0.1, -0.05) is 0 Å². The first kappa shape index (κ1) is 9.11. The lowest BCUT2D eigenvalue weighted by molar-refractivity contribution is 0.180. The number of aliphatic hydroxyl groups excluding tert-OH is 1. The molecule has 0 amide bonds. The summed E-state index contributed by atoms with van der Waals surface area (Å²) in [6, 6.07) is 0. The van der Waals surface area contributed by atoms with E-state index in [1.54, 1.807) is 0 Å². The van der Waals surface area contributed by atoms with E-state index in [0.29, 0.717) is 0 Å². The molecule has 5 heteroatoms. The summed E-state index contributed by atoms with van der Waals surface area (Å²) in [7, 11) is -4.06. The standard InChI is InChI=1S/C4H11O4P/c1-3(5)4(2)9(6,7)8/h3-5H,1-2H3,(H2,6,7,8). The van der Waals surface area contributed by atoms with Gasteiger partial charge in [-0.05, 0) is 13.8 Å². The minimum atomic E-state index is -4.06. The first-order valence-electron chi connectivity index (χ1n) is 2.59. The molecule has 0 rings (SSSR count). The van der Waals surface area contributed by atoms with E-state index < -0.39 is 19.4 Å². The minimum Gasteiger partial charge on any atom is -0.392 e. The average Bonchev–Trinajstić information content (AvgIpc) is 1.62. The highest BCUT2D eigenvalue weighted by Crippen LogP contribution is 2.42. The first-order valence-corrected chi connectivity index (χ1v) is 4.27. The fourth-order valence-corrected chi connectivity index (χ4v) is 0.843. The molecule has 3 N–H and O–H groups in total. The van der Waals surface area contributed by atoms with Crippen LogP contribution in [0.5, 0.6) is 0 Å². The van der Waals surface area contributed by atoms with E-state index in [1.807, 2.05) is 0 Å². The number of hydrogen-bond acceptors (Lipinski definition) is 2. The molecule has 0 radical (unpaired) electrons. The lowest BCUT2D eigenvalue weighted by Crippen LogP contribution is -2.18. The highest BCUT2D eigenvalue weighted by Gasteiger charge is 2.27. The van der Waals surface area contributed by atoms with E-state index in [9.17, 15) is 4.57 Å². The largest absolute Gasteiger partial charge is 0.392 e. The highest BCUT2D eigenvalue weighted by molar-refractivity contribution is 7.52. The van der Waals surface area contributed by atoms with Crippen molar-refractivity contribution in [2.75, 3.05) is 0 Å². The quantitative estimate of drug-likeness (QED) is 0.486. The van der Waals surface area contributed by atoms with E-state index in [1.165, 1.54) is 13.8 Å². The molecule has 0 saturated heterocycles. The fourth-order valence-electron chi connectivity index (χ4n) is 0.281. The molecule has 0 aliphatic heterocycles. The first-order chi connectivity index (χ1) is 3.85. The normalized spacial score (nSPS) is 19.2. The van der Waals surface area contributed by atoms with Crippen LogP contribution in [-0.4, -0.2) is 26.7 Å². The molecule has 56 valence electrons. The maximum absolute atomic E-state index is 10.3. The average molecular weight is 154 g/mol. The van der Waals surface area contributed by atoms with Crippen LogP contribution in [0.4, 0.5) is 0 Å².